The Morgan fingerprint density at radius 1 is 1.23 bits per heavy atom. The first kappa shape index (κ1) is 23.3. The summed E-state index contributed by atoms with van der Waals surface area (Å²) in [6, 6.07) is 10.1. The number of carbonyl (C=O) groups is 1. The van der Waals surface area contributed by atoms with Gasteiger partial charge >= 0.3 is 5.97 Å². The molecule has 7 heteroatoms. The van der Waals surface area contributed by atoms with Crippen LogP contribution in [0.2, 0.25) is 0 Å². The number of allylic oxidation sites excluding steroid dienone is 1. The van der Waals surface area contributed by atoms with Crippen molar-refractivity contribution in [2.45, 2.75) is 46.6 Å². The molecule has 0 bridgehead atoms. The van der Waals surface area contributed by atoms with Gasteiger partial charge in [-0.2, -0.15) is 5.10 Å². The Morgan fingerprint density at radius 2 is 1.90 bits per heavy atom. The van der Waals surface area contributed by atoms with E-state index in [2.05, 4.69) is 43.0 Å². The molecule has 0 unspecified atom stereocenters. The number of aliphatic imine (C=N–C) groups is 1. The van der Waals surface area contributed by atoms with Crippen LogP contribution in [0, 0.1) is 6.92 Å². The van der Waals surface area contributed by atoms with E-state index in [0.717, 1.165) is 17.0 Å². The van der Waals surface area contributed by atoms with Crippen LogP contribution in [0.4, 0.5) is 4.39 Å². The van der Waals surface area contributed by atoms with E-state index in [1.54, 1.807) is 17.9 Å². The van der Waals surface area contributed by atoms with Crippen molar-refractivity contribution in [1.29, 1.82) is 0 Å². The van der Waals surface area contributed by atoms with E-state index >= 15 is 0 Å². The third-order valence-electron chi connectivity index (χ3n) is 4.53. The molecule has 0 radical (unpaired) electrons. The normalized spacial score (nSPS) is 12.8. The largest absolute Gasteiger partial charge is 0.454 e. The highest BCUT2D eigenvalue weighted by atomic mass is 19.1. The van der Waals surface area contributed by atoms with Crippen molar-refractivity contribution in [2.75, 3.05) is 20.5 Å². The average Bonchev–Trinajstić information content (AvgIpc) is 3.09. The molecular formula is C23H30FN3O3. The Bertz CT molecular complexity index is 922. The molecule has 0 aliphatic carbocycles. The first-order chi connectivity index (χ1) is 14.2. The number of nitrogens with zero attached hydrogens (tertiary/aromatic N) is 3. The molecule has 1 heterocycles. The van der Waals surface area contributed by atoms with E-state index in [4.69, 9.17) is 9.47 Å². The molecule has 1 aromatic carbocycles. The third-order valence-corrected chi connectivity index (χ3v) is 4.53. The number of ether oxygens (including phenoxy) is 2. The summed E-state index contributed by atoms with van der Waals surface area (Å²) in [6.45, 7) is 9.34. The van der Waals surface area contributed by atoms with Gasteiger partial charge in [-0.05, 0) is 36.5 Å². The minimum atomic E-state index is -1.20. The summed E-state index contributed by atoms with van der Waals surface area (Å²) in [5.74, 6) is -0.520. The quantitative estimate of drug-likeness (QED) is 0.274. The number of aromatic nitrogens is 2. The molecule has 162 valence electrons. The maximum Gasteiger partial charge on any atom is 0.340 e. The van der Waals surface area contributed by atoms with Crippen LogP contribution >= 0.6 is 0 Å². The van der Waals surface area contributed by atoms with Crippen LogP contribution in [0.3, 0.4) is 0 Å². The Morgan fingerprint density at radius 3 is 2.43 bits per heavy atom. The average molecular weight is 416 g/mol. The number of aryl methyl sites for hydroxylation is 2. The van der Waals surface area contributed by atoms with E-state index in [-0.39, 0.29) is 5.41 Å². The van der Waals surface area contributed by atoms with E-state index in [1.807, 2.05) is 32.0 Å². The summed E-state index contributed by atoms with van der Waals surface area (Å²) in [6.07, 6.45) is 1.70. The Hall–Kier alpha value is -2.96. The number of rotatable bonds is 8. The zero-order valence-electron chi connectivity index (χ0n) is 18.5. The molecule has 0 aliphatic rings. The van der Waals surface area contributed by atoms with Gasteiger partial charge in [-0.1, -0.05) is 45.0 Å². The van der Waals surface area contributed by atoms with Gasteiger partial charge in [0.25, 0.3) is 0 Å². The van der Waals surface area contributed by atoms with Gasteiger partial charge in [0.2, 0.25) is 6.79 Å². The van der Waals surface area contributed by atoms with Crippen LogP contribution in [-0.2, 0) is 26.2 Å². The van der Waals surface area contributed by atoms with Gasteiger partial charge in [-0.3, -0.25) is 9.67 Å². The smallest absolute Gasteiger partial charge is 0.340 e. The number of benzene rings is 1. The third kappa shape index (κ3) is 5.78. The fourth-order valence-corrected chi connectivity index (χ4v) is 2.99. The molecule has 6 nitrogen and oxygen atoms in total. The molecule has 0 saturated heterocycles. The molecule has 0 spiro atoms. The molecule has 0 N–H and O–H groups in total. The molecule has 0 fully saturated rings. The van der Waals surface area contributed by atoms with Crippen LogP contribution < -0.4 is 0 Å². The van der Waals surface area contributed by atoms with Gasteiger partial charge in [0.1, 0.15) is 5.69 Å². The van der Waals surface area contributed by atoms with Gasteiger partial charge in [0, 0.05) is 25.4 Å². The second-order valence-electron chi connectivity index (χ2n) is 7.86. The fourth-order valence-electron chi connectivity index (χ4n) is 2.99. The molecule has 2 rings (SSSR count). The number of carbonyl (C=O) groups excluding carboxylic acids is 1. The number of hydrogen-bond acceptors (Lipinski definition) is 5. The standard InChI is InChI=1S/C23H30FN3O3/c1-7-27-20(12-16(2)26-27)22(30-15-29-21(28)13-24)19(14-25-6)17-8-10-18(11-9-17)23(3,4)5/h8-12,14H,7,13,15H2,1-6H3/b22-19-,25-14-. The highest BCUT2D eigenvalue weighted by Crippen LogP contribution is 2.29. The van der Waals surface area contributed by atoms with Gasteiger partial charge in [-0.15, -0.1) is 0 Å². The summed E-state index contributed by atoms with van der Waals surface area (Å²) in [5, 5.41) is 4.48. The second kappa shape index (κ2) is 10.2. The van der Waals surface area contributed by atoms with Crippen molar-refractivity contribution in [2.24, 2.45) is 4.99 Å². The number of halogens is 1. The summed E-state index contributed by atoms with van der Waals surface area (Å²) >= 11 is 0. The van der Waals surface area contributed by atoms with Crippen LogP contribution in [0.1, 0.15) is 50.2 Å². The molecular weight excluding hydrogens is 385 g/mol. The van der Waals surface area contributed by atoms with E-state index in [9.17, 15) is 9.18 Å². The lowest BCUT2D eigenvalue weighted by molar-refractivity contribution is -0.152. The van der Waals surface area contributed by atoms with Crippen LogP contribution in [0.15, 0.2) is 35.3 Å². The molecule has 0 amide bonds. The summed E-state index contributed by atoms with van der Waals surface area (Å²) in [4.78, 5) is 15.4. The van der Waals surface area contributed by atoms with Crippen molar-refractivity contribution in [3.63, 3.8) is 0 Å². The SMILES string of the molecule is CCn1nc(C)cc1/C(OCOC(=O)CF)=C(\C=N/C)c1ccc(C(C)(C)C)cc1. The molecule has 2 aromatic rings. The lowest BCUT2D eigenvalue weighted by atomic mass is 9.86. The van der Waals surface area contributed by atoms with Gasteiger partial charge in [0.05, 0.1) is 5.69 Å². The molecule has 0 atom stereocenters. The minimum absolute atomic E-state index is 0.0269. The predicted molar refractivity (Wildman–Crippen MR) is 117 cm³/mol. The van der Waals surface area contributed by atoms with E-state index in [1.165, 1.54) is 5.56 Å². The van der Waals surface area contributed by atoms with Gasteiger partial charge in [0.15, 0.2) is 12.4 Å². The summed E-state index contributed by atoms with van der Waals surface area (Å²) < 4.78 is 24.9. The van der Waals surface area contributed by atoms with Crippen molar-refractivity contribution >= 4 is 23.5 Å². The Kier molecular flexibility index (Phi) is 7.92. The van der Waals surface area contributed by atoms with Crippen molar-refractivity contribution in [3.8, 4) is 0 Å². The van der Waals surface area contributed by atoms with E-state index < -0.39 is 19.4 Å². The summed E-state index contributed by atoms with van der Waals surface area (Å²) in [7, 11) is 1.67. The first-order valence-electron chi connectivity index (χ1n) is 9.87. The van der Waals surface area contributed by atoms with Crippen molar-refractivity contribution < 1.29 is 18.7 Å². The van der Waals surface area contributed by atoms with Crippen LogP contribution in [-0.4, -0.2) is 42.5 Å². The maximum absolute atomic E-state index is 12.5. The number of hydrogen-bond donors (Lipinski definition) is 0. The van der Waals surface area contributed by atoms with Gasteiger partial charge in [-0.25, -0.2) is 9.18 Å². The highest BCUT2D eigenvalue weighted by Gasteiger charge is 2.19. The first-order valence-corrected chi connectivity index (χ1v) is 9.87. The van der Waals surface area contributed by atoms with Gasteiger partial charge < -0.3 is 9.47 Å². The number of esters is 1. The fraction of sp³-hybridized carbons (Fsp3) is 0.435. The Balaban J connectivity index is 2.59. The Labute approximate surface area is 177 Å². The monoisotopic (exact) mass is 415 g/mol. The second-order valence-corrected chi connectivity index (χ2v) is 7.86. The molecule has 0 saturated carbocycles. The highest BCUT2D eigenvalue weighted by molar-refractivity contribution is 6.18. The zero-order valence-corrected chi connectivity index (χ0v) is 18.5. The van der Waals surface area contributed by atoms with E-state index in [0.29, 0.717) is 17.9 Å². The summed E-state index contributed by atoms with van der Waals surface area (Å²) in [5.41, 5.74) is 4.38. The predicted octanol–water partition coefficient (Wildman–Crippen LogP) is 4.56. The maximum atomic E-state index is 12.5. The number of alkyl halides is 1. The zero-order chi connectivity index (χ0) is 22.3. The topological polar surface area (TPSA) is 65.7 Å². The molecule has 30 heavy (non-hydrogen) atoms. The van der Waals surface area contributed by atoms with Crippen molar-refractivity contribution in [3.05, 3.63) is 52.8 Å². The lowest BCUT2D eigenvalue weighted by Crippen LogP contribution is -2.13. The van der Waals surface area contributed by atoms with Crippen LogP contribution in [0.25, 0.3) is 11.3 Å². The molecule has 0 aliphatic heterocycles. The van der Waals surface area contributed by atoms with Crippen LogP contribution in [0.5, 0.6) is 0 Å². The minimum Gasteiger partial charge on any atom is -0.454 e. The molecule has 1 aromatic heterocycles. The van der Waals surface area contributed by atoms with Crippen molar-refractivity contribution in [1.82, 2.24) is 9.78 Å². The lowest BCUT2D eigenvalue weighted by Gasteiger charge is -2.20.